The van der Waals surface area contributed by atoms with Crippen LogP contribution in [0.3, 0.4) is 0 Å². The fourth-order valence-corrected chi connectivity index (χ4v) is 2.25. The van der Waals surface area contributed by atoms with Gasteiger partial charge >= 0.3 is 5.69 Å². The Morgan fingerprint density at radius 1 is 1.31 bits per heavy atom. The number of hydrogen-bond donors (Lipinski definition) is 2. The van der Waals surface area contributed by atoms with E-state index in [0.29, 0.717) is 5.92 Å². The van der Waals surface area contributed by atoms with E-state index in [4.69, 9.17) is 5.73 Å². The van der Waals surface area contributed by atoms with Crippen molar-refractivity contribution in [2.45, 2.75) is 45.6 Å². The summed E-state index contributed by atoms with van der Waals surface area (Å²) in [5.41, 5.74) is 8.91. The molecule has 1 aromatic heterocycles. The topological polar surface area (TPSA) is 71.8 Å². The van der Waals surface area contributed by atoms with Gasteiger partial charge in [0, 0.05) is 11.7 Å². The molecule has 1 aliphatic rings. The highest BCUT2D eigenvalue weighted by Gasteiger charge is 2.21. The van der Waals surface area contributed by atoms with Gasteiger partial charge in [-0.15, -0.1) is 0 Å². The summed E-state index contributed by atoms with van der Waals surface area (Å²) in [6.07, 6.45) is 4.25. The lowest BCUT2D eigenvalue weighted by molar-refractivity contribution is 0.489. The first-order valence-electron chi connectivity index (χ1n) is 5.97. The lowest BCUT2D eigenvalue weighted by atomic mass is 9.89. The van der Waals surface area contributed by atoms with Gasteiger partial charge in [-0.1, -0.05) is 13.8 Å². The molecule has 0 saturated carbocycles. The van der Waals surface area contributed by atoms with Gasteiger partial charge in [-0.25, -0.2) is 4.79 Å². The van der Waals surface area contributed by atoms with Crippen LogP contribution in [-0.2, 0) is 12.8 Å². The van der Waals surface area contributed by atoms with Crippen LogP contribution in [0, 0.1) is 5.92 Å². The molecule has 0 radical (unpaired) electrons. The summed E-state index contributed by atoms with van der Waals surface area (Å²) in [4.78, 5) is 18.4. The summed E-state index contributed by atoms with van der Waals surface area (Å²) in [7, 11) is 0. The number of aromatic amines is 1. The summed E-state index contributed by atoms with van der Waals surface area (Å²) in [6, 6.07) is -0.130. The lowest BCUT2D eigenvalue weighted by Crippen LogP contribution is -2.28. The predicted octanol–water partition coefficient (Wildman–Crippen LogP) is 1.30. The monoisotopic (exact) mass is 221 g/mol. The zero-order chi connectivity index (χ0) is 11.7. The molecule has 1 atom stereocenters. The molecule has 0 aliphatic heterocycles. The van der Waals surface area contributed by atoms with Crippen molar-refractivity contribution in [1.82, 2.24) is 9.97 Å². The van der Waals surface area contributed by atoms with Crippen molar-refractivity contribution >= 4 is 0 Å². The maximum absolute atomic E-state index is 11.5. The van der Waals surface area contributed by atoms with E-state index in [1.165, 1.54) is 12.0 Å². The van der Waals surface area contributed by atoms with Crippen LogP contribution in [0.4, 0.5) is 0 Å². The van der Waals surface area contributed by atoms with E-state index in [-0.39, 0.29) is 11.7 Å². The Morgan fingerprint density at radius 3 is 2.69 bits per heavy atom. The van der Waals surface area contributed by atoms with Crippen molar-refractivity contribution in [3.05, 3.63) is 27.4 Å². The van der Waals surface area contributed by atoms with Crippen molar-refractivity contribution < 1.29 is 0 Å². The van der Waals surface area contributed by atoms with Gasteiger partial charge in [0.25, 0.3) is 0 Å². The Morgan fingerprint density at radius 2 is 2.00 bits per heavy atom. The molecule has 0 fully saturated rings. The van der Waals surface area contributed by atoms with Crippen LogP contribution in [0.15, 0.2) is 4.79 Å². The first-order valence-corrected chi connectivity index (χ1v) is 5.97. The first kappa shape index (κ1) is 11.3. The molecule has 0 spiro atoms. The fourth-order valence-electron chi connectivity index (χ4n) is 2.25. The highest BCUT2D eigenvalue weighted by molar-refractivity contribution is 5.29. The molecule has 1 aliphatic carbocycles. The van der Waals surface area contributed by atoms with Crippen LogP contribution in [0.25, 0.3) is 0 Å². The molecule has 4 heteroatoms. The third-order valence-electron chi connectivity index (χ3n) is 3.29. The normalized spacial score (nSPS) is 17.2. The zero-order valence-corrected chi connectivity index (χ0v) is 9.92. The van der Waals surface area contributed by atoms with Crippen LogP contribution in [-0.4, -0.2) is 9.97 Å². The lowest BCUT2D eigenvalue weighted by Gasteiger charge is -2.22. The first-order chi connectivity index (χ1) is 7.59. The van der Waals surface area contributed by atoms with Crippen LogP contribution in [0.2, 0.25) is 0 Å². The van der Waals surface area contributed by atoms with Gasteiger partial charge in [0.1, 0.15) is 0 Å². The Labute approximate surface area is 95.3 Å². The van der Waals surface area contributed by atoms with Crippen LogP contribution < -0.4 is 11.4 Å². The maximum Gasteiger partial charge on any atom is 0.345 e. The Bertz CT molecular complexity index is 436. The Hall–Kier alpha value is -1.16. The predicted molar refractivity (Wildman–Crippen MR) is 63.3 cm³/mol. The molecule has 2 rings (SSSR count). The molecule has 16 heavy (non-hydrogen) atoms. The summed E-state index contributed by atoms with van der Waals surface area (Å²) in [5, 5.41) is 0. The molecule has 0 aromatic carbocycles. The van der Waals surface area contributed by atoms with Crippen LogP contribution in [0.5, 0.6) is 0 Å². The second kappa shape index (κ2) is 4.37. The minimum atomic E-state index is -0.258. The number of fused-ring (bicyclic) bond motifs is 1. The number of aromatic nitrogens is 2. The van der Waals surface area contributed by atoms with Crippen molar-refractivity contribution in [2.24, 2.45) is 11.7 Å². The largest absolute Gasteiger partial charge is 0.345 e. The van der Waals surface area contributed by atoms with Gasteiger partial charge in [-0.2, -0.15) is 4.98 Å². The van der Waals surface area contributed by atoms with E-state index in [1.807, 2.05) is 0 Å². The van der Waals surface area contributed by atoms with Crippen molar-refractivity contribution in [3.63, 3.8) is 0 Å². The van der Waals surface area contributed by atoms with E-state index in [2.05, 4.69) is 23.8 Å². The number of hydrogen-bond acceptors (Lipinski definition) is 3. The summed E-state index contributed by atoms with van der Waals surface area (Å²) < 4.78 is 0. The third kappa shape index (κ3) is 2.02. The number of aryl methyl sites for hydroxylation is 1. The zero-order valence-electron chi connectivity index (χ0n) is 9.92. The molecule has 4 nitrogen and oxygen atoms in total. The minimum Gasteiger partial charge on any atom is -0.322 e. The number of H-pyrrole nitrogens is 1. The summed E-state index contributed by atoms with van der Waals surface area (Å²) >= 11 is 0. The molecule has 3 N–H and O–H groups in total. The number of rotatable bonds is 2. The Balaban J connectivity index is 2.51. The highest BCUT2D eigenvalue weighted by Crippen LogP contribution is 2.26. The van der Waals surface area contributed by atoms with E-state index in [0.717, 1.165) is 30.7 Å². The fraction of sp³-hybridized carbons (Fsp3) is 0.667. The maximum atomic E-state index is 11.5. The molecule has 0 amide bonds. The van der Waals surface area contributed by atoms with Crippen molar-refractivity contribution in [3.8, 4) is 0 Å². The quantitative estimate of drug-likeness (QED) is 0.790. The number of nitrogens with one attached hydrogen (secondary N) is 1. The van der Waals surface area contributed by atoms with E-state index >= 15 is 0 Å². The van der Waals surface area contributed by atoms with Gasteiger partial charge < -0.3 is 10.7 Å². The third-order valence-corrected chi connectivity index (χ3v) is 3.29. The number of nitrogens with zero attached hydrogens (tertiary/aromatic N) is 1. The molecule has 88 valence electrons. The smallest absolute Gasteiger partial charge is 0.322 e. The van der Waals surface area contributed by atoms with E-state index in [1.54, 1.807) is 0 Å². The van der Waals surface area contributed by atoms with Crippen LogP contribution in [0.1, 0.15) is 49.7 Å². The second-order valence-corrected chi connectivity index (χ2v) is 4.86. The summed E-state index contributed by atoms with van der Waals surface area (Å²) in [6.45, 7) is 4.12. The van der Waals surface area contributed by atoms with Gasteiger partial charge in [0.15, 0.2) is 0 Å². The minimum absolute atomic E-state index is 0.130. The highest BCUT2D eigenvalue weighted by atomic mass is 16.1. The Kier molecular flexibility index (Phi) is 3.10. The average Bonchev–Trinajstić information content (AvgIpc) is 2.26. The van der Waals surface area contributed by atoms with Gasteiger partial charge in [0.2, 0.25) is 0 Å². The van der Waals surface area contributed by atoms with Gasteiger partial charge in [0.05, 0.1) is 5.69 Å². The second-order valence-electron chi connectivity index (χ2n) is 4.86. The molecular weight excluding hydrogens is 202 g/mol. The van der Waals surface area contributed by atoms with Gasteiger partial charge in [-0.3, -0.25) is 0 Å². The molecule has 1 aromatic rings. The van der Waals surface area contributed by atoms with Crippen molar-refractivity contribution in [1.29, 1.82) is 0 Å². The molecular formula is C12H19N3O. The molecule has 0 saturated heterocycles. The average molecular weight is 221 g/mol. The SMILES string of the molecule is CC(C)[C@H](N)c1nc(=O)[nH]c2c1CCCC2. The molecule has 0 unspecified atom stereocenters. The van der Waals surface area contributed by atoms with Crippen molar-refractivity contribution in [2.75, 3.05) is 0 Å². The van der Waals surface area contributed by atoms with Crippen LogP contribution >= 0.6 is 0 Å². The standard InChI is InChI=1S/C12H19N3O/c1-7(2)10(13)11-8-5-3-4-6-9(8)14-12(16)15-11/h7,10H,3-6,13H2,1-2H3,(H,14,15,16)/t10-/m0/s1. The molecule has 1 heterocycles. The van der Waals surface area contributed by atoms with E-state index < -0.39 is 0 Å². The molecule has 0 bridgehead atoms. The summed E-state index contributed by atoms with van der Waals surface area (Å²) in [5.74, 6) is 0.306. The number of nitrogens with two attached hydrogens (primary N) is 1. The van der Waals surface area contributed by atoms with Gasteiger partial charge in [-0.05, 0) is 37.2 Å². The van der Waals surface area contributed by atoms with E-state index in [9.17, 15) is 4.79 Å².